The highest BCUT2D eigenvalue weighted by molar-refractivity contribution is 6.31. The van der Waals surface area contributed by atoms with E-state index in [1.807, 2.05) is 0 Å². The standard InChI is InChI=1S/C10H11ClF3NO/c11-9-5-8(15)2-1-7(9)6-16-4-3-10(12,13)14/h1-2,5H,3-4,6,15H2. The van der Waals surface area contributed by atoms with Gasteiger partial charge in [-0.15, -0.1) is 0 Å². The Morgan fingerprint density at radius 3 is 2.56 bits per heavy atom. The summed E-state index contributed by atoms with van der Waals surface area (Å²) in [7, 11) is 0. The number of benzene rings is 1. The van der Waals surface area contributed by atoms with E-state index in [2.05, 4.69) is 0 Å². The third-order valence-electron chi connectivity index (χ3n) is 1.86. The highest BCUT2D eigenvalue weighted by Gasteiger charge is 2.26. The van der Waals surface area contributed by atoms with Crippen molar-refractivity contribution in [3.63, 3.8) is 0 Å². The molecule has 0 aliphatic heterocycles. The third kappa shape index (κ3) is 4.72. The number of alkyl halides is 3. The predicted molar refractivity (Wildman–Crippen MR) is 56.2 cm³/mol. The second kappa shape index (κ2) is 5.41. The molecule has 1 aromatic rings. The number of rotatable bonds is 4. The Balaban J connectivity index is 2.38. The monoisotopic (exact) mass is 253 g/mol. The molecule has 90 valence electrons. The van der Waals surface area contributed by atoms with Gasteiger partial charge in [-0.1, -0.05) is 17.7 Å². The van der Waals surface area contributed by atoms with Gasteiger partial charge in [0.1, 0.15) is 0 Å². The average molecular weight is 254 g/mol. The zero-order valence-electron chi connectivity index (χ0n) is 8.35. The molecule has 0 aliphatic carbocycles. The van der Waals surface area contributed by atoms with Gasteiger partial charge in [-0.2, -0.15) is 13.2 Å². The van der Waals surface area contributed by atoms with Gasteiger partial charge in [0.15, 0.2) is 0 Å². The molecule has 1 rings (SSSR count). The van der Waals surface area contributed by atoms with Gasteiger partial charge in [-0.3, -0.25) is 0 Å². The lowest BCUT2D eigenvalue weighted by atomic mass is 10.2. The molecule has 6 heteroatoms. The summed E-state index contributed by atoms with van der Waals surface area (Å²) in [4.78, 5) is 0. The number of hydrogen-bond donors (Lipinski definition) is 1. The van der Waals surface area contributed by atoms with Crippen LogP contribution in [0.2, 0.25) is 5.02 Å². The molecule has 0 saturated heterocycles. The molecule has 0 atom stereocenters. The fourth-order valence-corrected chi connectivity index (χ4v) is 1.29. The van der Waals surface area contributed by atoms with Crippen LogP contribution in [0.15, 0.2) is 18.2 Å². The molecule has 1 aromatic carbocycles. The van der Waals surface area contributed by atoms with Gasteiger partial charge in [0, 0.05) is 10.7 Å². The van der Waals surface area contributed by atoms with Crippen LogP contribution in [0.1, 0.15) is 12.0 Å². The molecule has 16 heavy (non-hydrogen) atoms. The fourth-order valence-electron chi connectivity index (χ4n) is 1.05. The van der Waals surface area contributed by atoms with E-state index in [0.717, 1.165) is 0 Å². The Bertz CT molecular complexity index is 354. The molecule has 0 bridgehead atoms. The molecule has 2 nitrogen and oxygen atoms in total. The Labute approximate surface area is 96.1 Å². The van der Waals surface area contributed by atoms with Gasteiger partial charge in [0.25, 0.3) is 0 Å². The van der Waals surface area contributed by atoms with Gasteiger partial charge in [-0.25, -0.2) is 0 Å². The Hall–Kier alpha value is -0.940. The summed E-state index contributed by atoms with van der Waals surface area (Å²) >= 11 is 5.82. The molecular formula is C10H11ClF3NO. The molecule has 0 heterocycles. The van der Waals surface area contributed by atoms with Crippen LogP contribution >= 0.6 is 11.6 Å². The SMILES string of the molecule is Nc1ccc(COCCC(F)(F)F)c(Cl)c1. The summed E-state index contributed by atoms with van der Waals surface area (Å²) in [5.41, 5.74) is 6.59. The largest absolute Gasteiger partial charge is 0.399 e. The summed E-state index contributed by atoms with van der Waals surface area (Å²) in [5.74, 6) is 0. The van der Waals surface area contributed by atoms with Crippen LogP contribution in [0.3, 0.4) is 0 Å². The maximum Gasteiger partial charge on any atom is 0.391 e. The second-order valence-electron chi connectivity index (χ2n) is 3.27. The number of nitrogen functional groups attached to an aromatic ring is 1. The van der Waals surface area contributed by atoms with Crippen molar-refractivity contribution >= 4 is 17.3 Å². The summed E-state index contributed by atoms with van der Waals surface area (Å²) in [6.45, 7) is -0.320. The van der Waals surface area contributed by atoms with Crippen molar-refractivity contribution in [1.29, 1.82) is 0 Å². The first-order chi connectivity index (χ1) is 7.38. The van der Waals surface area contributed by atoms with Crippen molar-refractivity contribution in [2.45, 2.75) is 19.2 Å². The lowest BCUT2D eigenvalue weighted by Gasteiger charge is -2.08. The van der Waals surface area contributed by atoms with E-state index in [0.29, 0.717) is 16.3 Å². The summed E-state index contributed by atoms with van der Waals surface area (Å²) in [6, 6.07) is 4.78. The number of halogens is 4. The van der Waals surface area contributed by atoms with Crippen molar-refractivity contribution < 1.29 is 17.9 Å². The van der Waals surface area contributed by atoms with Gasteiger partial charge in [-0.05, 0) is 17.7 Å². The topological polar surface area (TPSA) is 35.2 Å². The number of hydrogen-bond acceptors (Lipinski definition) is 2. The minimum atomic E-state index is -4.19. The van der Waals surface area contributed by atoms with E-state index in [1.54, 1.807) is 12.1 Å². The maximum atomic E-state index is 11.8. The van der Waals surface area contributed by atoms with Gasteiger partial charge in [0.05, 0.1) is 19.6 Å². The minimum absolute atomic E-state index is 0.0508. The van der Waals surface area contributed by atoms with Crippen molar-refractivity contribution in [2.24, 2.45) is 0 Å². The molecular weight excluding hydrogens is 243 g/mol. The Kier molecular flexibility index (Phi) is 4.44. The molecule has 0 radical (unpaired) electrons. The summed E-state index contributed by atoms with van der Waals surface area (Å²) in [6.07, 6.45) is -5.15. The normalized spacial score (nSPS) is 11.8. The maximum absolute atomic E-state index is 11.8. The van der Waals surface area contributed by atoms with E-state index in [9.17, 15) is 13.2 Å². The number of nitrogens with two attached hydrogens (primary N) is 1. The van der Waals surface area contributed by atoms with Crippen molar-refractivity contribution in [1.82, 2.24) is 0 Å². The number of ether oxygens (including phenoxy) is 1. The molecule has 0 amide bonds. The quantitative estimate of drug-likeness (QED) is 0.659. The highest BCUT2D eigenvalue weighted by Crippen LogP contribution is 2.22. The predicted octanol–water partition coefficient (Wildman–Crippen LogP) is 3.39. The van der Waals surface area contributed by atoms with E-state index < -0.39 is 12.6 Å². The molecule has 0 spiro atoms. The number of anilines is 1. The Morgan fingerprint density at radius 2 is 2.00 bits per heavy atom. The van der Waals surface area contributed by atoms with E-state index in [1.165, 1.54) is 6.07 Å². The van der Waals surface area contributed by atoms with Crippen molar-refractivity contribution in [2.75, 3.05) is 12.3 Å². The minimum Gasteiger partial charge on any atom is -0.399 e. The Morgan fingerprint density at radius 1 is 1.31 bits per heavy atom. The van der Waals surface area contributed by atoms with Crippen LogP contribution < -0.4 is 5.73 Å². The van der Waals surface area contributed by atoms with Gasteiger partial charge >= 0.3 is 6.18 Å². The van der Waals surface area contributed by atoms with Gasteiger partial charge < -0.3 is 10.5 Å². The molecule has 0 unspecified atom stereocenters. The van der Waals surface area contributed by atoms with E-state index >= 15 is 0 Å². The van der Waals surface area contributed by atoms with Gasteiger partial charge in [0.2, 0.25) is 0 Å². The van der Waals surface area contributed by atoms with Crippen LogP contribution in [0, 0.1) is 0 Å². The van der Waals surface area contributed by atoms with E-state index in [4.69, 9.17) is 22.1 Å². The van der Waals surface area contributed by atoms with Crippen LogP contribution in [0.4, 0.5) is 18.9 Å². The van der Waals surface area contributed by atoms with Crippen LogP contribution in [-0.2, 0) is 11.3 Å². The summed E-state index contributed by atoms with van der Waals surface area (Å²) < 4.78 is 40.2. The third-order valence-corrected chi connectivity index (χ3v) is 2.22. The highest BCUT2D eigenvalue weighted by atomic mass is 35.5. The lowest BCUT2D eigenvalue weighted by Crippen LogP contribution is -2.11. The second-order valence-corrected chi connectivity index (χ2v) is 3.68. The molecule has 0 fully saturated rings. The first kappa shape index (κ1) is 13.1. The van der Waals surface area contributed by atoms with Crippen molar-refractivity contribution in [3.05, 3.63) is 28.8 Å². The zero-order valence-corrected chi connectivity index (χ0v) is 9.11. The fraction of sp³-hybridized carbons (Fsp3) is 0.400. The zero-order chi connectivity index (χ0) is 12.2. The molecule has 0 saturated carbocycles. The van der Waals surface area contributed by atoms with Crippen LogP contribution in [-0.4, -0.2) is 12.8 Å². The molecule has 0 aromatic heterocycles. The summed E-state index contributed by atoms with van der Waals surface area (Å²) in [5, 5.41) is 0.395. The average Bonchev–Trinajstić information content (AvgIpc) is 2.13. The molecule has 2 N–H and O–H groups in total. The first-order valence-electron chi connectivity index (χ1n) is 4.57. The van der Waals surface area contributed by atoms with Crippen LogP contribution in [0.5, 0.6) is 0 Å². The van der Waals surface area contributed by atoms with E-state index in [-0.39, 0.29) is 13.2 Å². The van der Waals surface area contributed by atoms with Crippen molar-refractivity contribution in [3.8, 4) is 0 Å². The smallest absolute Gasteiger partial charge is 0.391 e. The van der Waals surface area contributed by atoms with Crippen LogP contribution in [0.25, 0.3) is 0 Å². The first-order valence-corrected chi connectivity index (χ1v) is 4.95. The lowest BCUT2D eigenvalue weighted by molar-refractivity contribution is -0.146. The molecule has 0 aliphatic rings.